The monoisotopic (exact) mass is 234 g/mol. The molecule has 0 saturated heterocycles. The molecule has 0 aromatic heterocycles. The number of rotatable bonds is 2. The van der Waals surface area contributed by atoms with E-state index in [0.29, 0.717) is 5.75 Å². The lowest BCUT2D eigenvalue weighted by atomic mass is 10.1. The van der Waals surface area contributed by atoms with Gasteiger partial charge >= 0.3 is 11.9 Å². The van der Waals surface area contributed by atoms with E-state index < -0.39 is 11.9 Å². The van der Waals surface area contributed by atoms with Crippen molar-refractivity contribution in [2.45, 2.75) is 0 Å². The maximum atomic E-state index is 10.9. The summed E-state index contributed by atoms with van der Waals surface area (Å²) in [7, 11) is 2.65. The van der Waals surface area contributed by atoms with Crippen LogP contribution in [-0.4, -0.2) is 31.3 Å². The zero-order valence-corrected chi connectivity index (χ0v) is 9.31. The second-order valence-electron chi connectivity index (χ2n) is 2.96. The number of carboxylic acid groups (broad SMARTS) is 1. The molecule has 0 atom stereocenters. The molecule has 88 valence electrons. The minimum Gasteiger partial charge on any atom is -0.497 e. The Morgan fingerprint density at radius 3 is 2.53 bits per heavy atom. The van der Waals surface area contributed by atoms with Crippen LogP contribution >= 0.6 is 0 Å². The van der Waals surface area contributed by atoms with Gasteiger partial charge in [-0.05, 0) is 18.2 Å². The Balaban J connectivity index is 3.21. The van der Waals surface area contributed by atoms with E-state index in [4.69, 9.17) is 9.84 Å². The van der Waals surface area contributed by atoms with Crippen LogP contribution in [0.15, 0.2) is 18.2 Å². The van der Waals surface area contributed by atoms with Crippen LogP contribution in [0.25, 0.3) is 0 Å². The molecule has 0 saturated carbocycles. The zero-order chi connectivity index (χ0) is 12.8. The number of aromatic carboxylic acids is 1. The summed E-state index contributed by atoms with van der Waals surface area (Å²) in [4.78, 5) is 21.8. The van der Waals surface area contributed by atoms with Crippen molar-refractivity contribution in [2.24, 2.45) is 0 Å². The largest absolute Gasteiger partial charge is 0.497 e. The maximum Gasteiger partial charge on any atom is 0.384 e. The molecule has 1 aromatic rings. The number of ether oxygens (including phenoxy) is 2. The van der Waals surface area contributed by atoms with Crippen molar-refractivity contribution in [3.05, 3.63) is 29.3 Å². The molecule has 5 heteroatoms. The molecule has 1 N–H and O–H groups in total. The van der Waals surface area contributed by atoms with Crippen molar-refractivity contribution >= 4 is 11.9 Å². The van der Waals surface area contributed by atoms with Gasteiger partial charge < -0.3 is 14.6 Å². The van der Waals surface area contributed by atoms with Gasteiger partial charge in [0, 0.05) is 11.5 Å². The third kappa shape index (κ3) is 3.24. The van der Waals surface area contributed by atoms with Crippen LogP contribution in [0.2, 0.25) is 0 Å². The van der Waals surface area contributed by atoms with Gasteiger partial charge in [0.2, 0.25) is 0 Å². The number of carbonyl (C=O) groups is 2. The van der Waals surface area contributed by atoms with Crippen molar-refractivity contribution in [1.29, 1.82) is 0 Å². The smallest absolute Gasteiger partial charge is 0.384 e. The summed E-state index contributed by atoms with van der Waals surface area (Å²) in [5, 5.41) is 8.93. The first-order chi connectivity index (χ1) is 8.08. The van der Waals surface area contributed by atoms with E-state index in [1.165, 1.54) is 32.4 Å². The standard InChI is InChI=1S/C12H10O5/c1-16-9-4-5-10(12(14)15)8(7-9)3-6-11(13)17-2/h4-5,7H,1-2H3,(H,14,15). The van der Waals surface area contributed by atoms with Crippen LogP contribution in [0.4, 0.5) is 0 Å². The number of hydrogen-bond donors (Lipinski definition) is 1. The molecule has 0 spiro atoms. The Kier molecular flexibility index (Phi) is 4.12. The van der Waals surface area contributed by atoms with E-state index in [1.54, 1.807) is 0 Å². The topological polar surface area (TPSA) is 72.8 Å². The number of hydrogen-bond acceptors (Lipinski definition) is 4. The first-order valence-corrected chi connectivity index (χ1v) is 4.59. The number of carboxylic acids is 1. The summed E-state index contributed by atoms with van der Waals surface area (Å²) >= 11 is 0. The molecular formula is C12H10O5. The van der Waals surface area contributed by atoms with Crippen LogP contribution in [0.1, 0.15) is 15.9 Å². The molecule has 0 radical (unpaired) electrons. The molecule has 0 aliphatic rings. The molecule has 0 amide bonds. The SMILES string of the molecule is COC(=O)C#Cc1cc(OC)ccc1C(=O)O. The highest BCUT2D eigenvalue weighted by Gasteiger charge is 2.09. The lowest BCUT2D eigenvalue weighted by Crippen LogP contribution is -2.01. The molecule has 1 aromatic carbocycles. The first kappa shape index (κ1) is 12.6. The van der Waals surface area contributed by atoms with Gasteiger partial charge in [0.1, 0.15) is 5.75 Å². The molecule has 1 rings (SSSR count). The predicted octanol–water partition coefficient (Wildman–Crippen LogP) is 0.918. The summed E-state index contributed by atoms with van der Waals surface area (Å²) in [5.41, 5.74) is 0.199. The lowest BCUT2D eigenvalue weighted by Gasteiger charge is -2.02. The maximum absolute atomic E-state index is 10.9. The third-order valence-electron chi connectivity index (χ3n) is 1.94. The third-order valence-corrected chi connectivity index (χ3v) is 1.94. The highest BCUT2D eigenvalue weighted by Crippen LogP contribution is 2.16. The Morgan fingerprint density at radius 1 is 1.29 bits per heavy atom. The molecule has 17 heavy (non-hydrogen) atoms. The molecule has 5 nitrogen and oxygen atoms in total. The van der Waals surface area contributed by atoms with Gasteiger partial charge in [0.25, 0.3) is 0 Å². The van der Waals surface area contributed by atoms with Gasteiger partial charge in [0.05, 0.1) is 19.8 Å². The van der Waals surface area contributed by atoms with Crippen LogP contribution in [0.5, 0.6) is 5.75 Å². The van der Waals surface area contributed by atoms with Gasteiger partial charge in [-0.1, -0.05) is 5.92 Å². The normalized spacial score (nSPS) is 8.82. The van der Waals surface area contributed by atoms with Crippen LogP contribution in [0, 0.1) is 11.8 Å². The summed E-state index contributed by atoms with van der Waals surface area (Å²) in [5.74, 6) is 3.21. The fourth-order valence-electron chi connectivity index (χ4n) is 1.11. The number of methoxy groups -OCH3 is 2. The van der Waals surface area contributed by atoms with Gasteiger partial charge in [-0.25, -0.2) is 9.59 Å². The summed E-state index contributed by atoms with van der Waals surface area (Å²) in [6.07, 6.45) is 0. The van der Waals surface area contributed by atoms with Crippen molar-refractivity contribution < 1.29 is 24.2 Å². The van der Waals surface area contributed by atoms with Crippen LogP contribution in [0.3, 0.4) is 0 Å². The van der Waals surface area contributed by atoms with E-state index in [1.807, 2.05) is 0 Å². The van der Waals surface area contributed by atoms with Crippen molar-refractivity contribution in [3.63, 3.8) is 0 Å². The Morgan fingerprint density at radius 2 is 2.00 bits per heavy atom. The lowest BCUT2D eigenvalue weighted by molar-refractivity contribution is -0.133. The van der Waals surface area contributed by atoms with Crippen molar-refractivity contribution in [3.8, 4) is 17.6 Å². The van der Waals surface area contributed by atoms with Crippen LogP contribution < -0.4 is 4.74 Å². The van der Waals surface area contributed by atoms with E-state index >= 15 is 0 Å². The molecule has 0 unspecified atom stereocenters. The Hall–Kier alpha value is -2.48. The highest BCUT2D eigenvalue weighted by molar-refractivity contribution is 5.93. The average Bonchev–Trinajstić information content (AvgIpc) is 2.35. The minimum atomic E-state index is -1.12. The second-order valence-corrected chi connectivity index (χ2v) is 2.96. The predicted molar refractivity (Wildman–Crippen MR) is 58.8 cm³/mol. The number of carbonyl (C=O) groups excluding carboxylic acids is 1. The van der Waals surface area contributed by atoms with Gasteiger partial charge in [-0.2, -0.15) is 0 Å². The Labute approximate surface area is 98.0 Å². The summed E-state index contributed by atoms with van der Waals surface area (Å²) in [6, 6.07) is 4.31. The molecule has 0 aliphatic heterocycles. The van der Waals surface area contributed by atoms with E-state index in [-0.39, 0.29) is 11.1 Å². The molecule has 0 bridgehead atoms. The van der Waals surface area contributed by atoms with Crippen LogP contribution in [-0.2, 0) is 9.53 Å². The fourth-order valence-corrected chi connectivity index (χ4v) is 1.11. The molecule has 0 heterocycles. The Bertz CT molecular complexity index is 507. The molecule has 0 aliphatic carbocycles. The van der Waals surface area contributed by atoms with Crippen molar-refractivity contribution in [1.82, 2.24) is 0 Å². The highest BCUT2D eigenvalue weighted by atomic mass is 16.5. The minimum absolute atomic E-state index is 0.00204. The second kappa shape index (κ2) is 5.56. The average molecular weight is 234 g/mol. The number of benzene rings is 1. The van der Waals surface area contributed by atoms with Gasteiger partial charge in [-0.3, -0.25) is 0 Å². The summed E-state index contributed by atoms with van der Waals surface area (Å²) in [6.45, 7) is 0. The van der Waals surface area contributed by atoms with Gasteiger partial charge in [-0.15, -0.1) is 0 Å². The van der Waals surface area contributed by atoms with Gasteiger partial charge in [0.15, 0.2) is 0 Å². The van der Waals surface area contributed by atoms with E-state index in [2.05, 4.69) is 16.6 Å². The van der Waals surface area contributed by atoms with E-state index in [0.717, 1.165) is 0 Å². The number of esters is 1. The summed E-state index contributed by atoms with van der Waals surface area (Å²) < 4.78 is 9.28. The zero-order valence-electron chi connectivity index (χ0n) is 9.31. The first-order valence-electron chi connectivity index (χ1n) is 4.59. The molecule has 0 fully saturated rings. The quantitative estimate of drug-likeness (QED) is 0.608. The van der Waals surface area contributed by atoms with Crippen molar-refractivity contribution in [2.75, 3.05) is 14.2 Å². The fraction of sp³-hybridized carbons (Fsp3) is 0.167. The molecular weight excluding hydrogens is 224 g/mol. The van der Waals surface area contributed by atoms with E-state index in [9.17, 15) is 9.59 Å².